The molecule has 0 bridgehead atoms. The van der Waals surface area contributed by atoms with E-state index in [9.17, 15) is 30.6 Å². The Balaban J connectivity index is 2.17. The molecule has 0 aromatic rings. The predicted octanol–water partition coefficient (Wildman–Crippen LogP) is -4.91. The third-order valence-corrected chi connectivity index (χ3v) is 4.30. The fraction of sp³-hybridized carbons (Fsp3) is 1.00. The van der Waals surface area contributed by atoms with Gasteiger partial charge in [-0.3, -0.25) is 0 Å². The Hall–Kier alpha value is 0.0795. The van der Waals surface area contributed by atoms with Gasteiger partial charge in [-0.25, -0.2) is 0 Å². The molecule has 0 unspecified atom stereocenters. The Labute approximate surface area is 145 Å². The van der Waals surface area contributed by atoms with E-state index in [2.05, 4.69) is 20.2 Å². The average Bonchev–Trinajstić information content (AvgIpc) is 2.82. The SMILES string of the molecule is OC[C@H]1O[C@@](CO)(O[C@H]2O[C@H](C[O][Fe])[C@@H](O)[C@H](O)[C@H]2O)[C@@H](O)[C@@H]1O. The molecule has 0 aromatic carbocycles. The molecule has 2 aliphatic rings. The van der Waals surface area contributed by atoms with Gasteiger partial charge in [0.15, 0.2) is 0 Å². The van der Waals surface area contributed by atoms with Crippen LogP contribution in [0.5, 0.6) is 0 Å². The van der Waals surface area contributed by atoms with E-state index in [0.717, 1.165) is 0 Å². The molecule has 0 radical (unpaired) electrons. The van der Waals surface area contributed by atoms with Crippen LogP contribution in [0.25, 0.3) is 0 Å². The Morgan fingerprint density at radius 3 is 2.08 bits per heavy atom. The van der Waals surface area contributed by atoms with Gasteiger partial charge in [-0.2, -0.15) is 0 Å². The van der Waals surface area contributed by atoms with Crippen LogP contribution in [0.2, 0.25) is 0 Å². The summed E-state index contributed by atoms with van der Waals surface area (Å²) in [5, 5.41) is 68.2. The van der Waals surface area contributed by atoms with Gasteiger partial charge in [0.1, 0.15) is 0 Å². The maximum atomic E-state index is 10.1. The van der Waals surface area contributed by atoms with Crippen LogP contribution in [0.4, 0.5) is 0 Å². The molecule has 0 spiro atoms. The van der Waals surface area contributed by atoms with Crippen LogP contribution in [0.15, 0.2) is 0 Å². The zero-order valence-electron chi connectivity index (χ0n) is 12.4. The van der Waals surface area contributed by atoms with Crippen LogP contribution in [-0.2, 0) is 34.4 Å². The Kier molecular flexibility index (Phi) is 6.95. The van der Waals surface area contributed by atoms with E-state index in [0.29, 0.717) is 0 Å². The van der Waals surface area contributed by atoms with Gasteiger partial charge < -0.3 is 0 Å². The quantitative estimate of drug-likeness (QED) is 0.214. The van der Waals surface area contributed by atoms with Crippen molar-refractivity contribution >= 4 is 0 Å². The van der Waals surface area contributed by atoms with Crippen molar-refractivity contribution in [3.05, 3.63) is 0 Å². The first-order valence-corrected chi connectivity index (χ1v) is 7.62. The molecule has 0 aromatic heterocycles. The van der Waals surface area contributed by atoms with E-state index in [1.807, 2.05) is 0 Å². The predicted molar refractivity (Wildman–Crippen MR) is 67.5 cm³/mol. The fourth-order valence-corrected chi connectivity index (χ4v) is 2.86. The van der Waals surface area contributed by atoms with Crippen molar-refractivity contribution < 1.29 is 70.1 Å². The second kappa shape index (κ2) is 8.18. The molecular weight excluding hydrogens is 376 g/mol. The molecule has 2 rings (SSSR count). The van der Waals surface area contributed by atoms with Gasteiger partial charge >= 0.3 is 145 Å². The third-order valence-electron chi connectivity index (χ3n) is 4.11. The number of rotatable bonds is 6. The van der Waals surface area contributed by atoms with E-state index >= 15 is 0 Å². The molecule has 7 N–H and O–H groups in total. The van der Waals surface area contributed by atoms with Crippen LogP contribution < -0.4 is 0 Å². The average molecular weight is 397 g/mol. The first kappa shape index (κ1) is 20.4. The summed E-state index contributed by atoms with van der Waals surface area (Å²) in [7, 11) is 0. The zero-order valence-corrected chi connectivity index (χ0v) is 13.5. The molecule has 2 fully saturated rings. The van der Waals surface area contributed by atoms with Crippen molar-refractivity contribution in [3.63, 3.8) is 0 Å². The molecule has 0 amide bonds. The van der Waals surface area contributed by atoms with E-state index in [1.165, 1.54) is 0 Å². The van der Waals surface area contributed by atoms with Crippen LogP contribution in [0.1, 0.15) is 0 Å². The number of ether oxygens (including phenoxy) is 3. The molecule has 2 aliphatic heterocycles. The van der Waals surface area contributed by atoms with Gasteiger partial charge in [0.2, 0.25) is 0 Å². The van der Waals surface area contributed by atoms with Crippen LogP contribution in [0, 0.1) is 0 Å². The molecule has 0 aliphatic carbocycles. The van der Waals surface area contributed by atoms with Crippen molar-refractivity contribution in [3.8, 4) is 0 Å². The van der Waals surface area contributed by atoms with E-state index < -0.39 is 68.0 Å². The van der Waals surface area contributed by atoms with E-state index in [1.54, 1.807) is 0 Å². The van der Waals surface area contributed by atoms with Crippen molar-refractivity contribution in [1.29, 1.82) is 0 Å². The van der Waals surface area contributed by atoms with Crippen molar-refractivity contribution in [2.24, 2.45) is 0 Å². The van der Waals surface area contributed by atoms with Crippen LogP contribution >= 0.6 is 0 Å². The van der Waals surface area contributed by atoms with Gasteiger partial charge in [0, 0.05) is 0 Å². The Morgan fingerprint density at radius 2 is 1.58 bits per heavy atom. The van der Waals surface area contributed by atoms with Gasteiger partial charge in [-0.05, 0) is 0 Å². The second-order valence-corrected chi connectivity index (χ2v) is 5.96. The fourth-order valence-electron chi connectivity index (χ4n) is 2.68. The monoisotopic (exact) mass is 397 g/mol. The summed E-state index contributed by atoms with van der Waals surface area (Å²) in [4.78, 5) is 0. The number of hydrogen-bond donors (Lipinski definition) is 7. The molecule has 0 saturated carbocycles. The minimum atomic E-state index is -2.20. The molecule has 24 heavy (non-hydrogen) atoms. The molecular formula is C12H21FeO11. The second-order valence-electron chi connectivity index (χ2n) is 5.65. The minimum absolute atomic E-state index is 0.234. The standard InChI is InChI=1S/C12H21O11.Fe/c13-1-4-6(16)8(18)9(19)11(21-4)23-12(3-15)10(20)7(17)5(2-14)22-12;/h4-11,14-20H,1-3H2;/q-1;+1/t4-,5-,6-,7-,8+,9-,10+,11-,12+;/m1./s1. The molecule has 2 saturated heterocycles. The first-order chi connectivity index (χ1) is 11.3. The molecule has 143 valence electrons. The van der Waals surface area contributed by atoms with Gasteiger partial charge in [-0.1, -0.05) is 0 Å². The van der Waals surface area contributed by atoms with E-state index in [4.69, 9.17) is 19.3 Å². The third kappa shape index (κ3) is 3.62. The van der Waals surface area contributed by atoms with Crippen LogP contribution in [-0.4, -0.2) is 110 Å². The number of aliphatic hydroxyl groups excluding tert-OH is 7. The Bertz CT molecular complexity index is 414. The number of hydrogen-bond acceptors (Lipinski definition) is 11. The molecule has 2 heterocycles. The molecule has 9 atom stereocenters. The summed E-state index contributed by atoms with van der Waals surface area (Å²) in [6, 6.07) is 0. The summed E-state index contributed by atoms with van der Waals surface area (Å²) in [5.41, 5.74) is 0. The van der Waals surface area contributed by atoms with Crippen molar-refractivity contribution in [2.45, 2.75) is 54.8 Å². The normalized spacial score (nSPS) is 49.5. The summed E-state index contributed by atoms with van der Waals surface area (Å²) < 4.78 is 20.3. The van der Waals surface area contributed by atoms with Gasteiger partial charge in [0.05, 0.1) is 0 Å². The summed E-state index contributed by atoms with van der Waals surface area (Å²) in [5.74, 6) is -2.20. The molecule has 12 heteroatoms. The van der Waals surface area contributed by atoms with Crippen molar-refractivity contribution in [2.75, 3.05) is 19.8 Å². The summed E-state index contributed by atoms with van der Waals surface area (Å²) in [6.45, 7) is -1.83. The summed E-state index contributed by atoms with van der Waals surface area (Å²) in [6.07, 6.45) is -12.2. The topological polar surface area (TPSA) is 179 Å². The number of aliphatic hydroxyl groups is 7. The van der Waals surface area contributed by atoms with Gasteiger partial charge in [0.25, 0.3) is 0 Å². The molecule has 11 nitrogen and oxygen atoms in total. The zero-order chi connectivity index (χ0) is 18.1. The Morgan fingerprint density at radius 1 is 0.917 bits per heavy atom. The van der Waals surface area contributed by atoms with E-state index in [-0.39, 0.29) is 6.61 Å². The first-order valence-electron chi connectivity index (χ1n) is 7.17. The van der Waals surface area contributed by atoms with Crippen LogP contribution in [0.3, 0.4) is 0 Å². The van der Waals surface area contributed by atoms with Crippen molar-refractivity contribution in [1.82, 2.24) is 0 Å². The summed E-state index contributed by atoms with van der Waals surface area (Å²) >= 11 is 3.12. The maximum absolute atomic E-state index is 10.1. The van der Waals surface area contributed by atoms with Gasteiger partial charge in [-0.15, -0.1) is 0 Å².